The van der Waals surface area contributed by atoms with Gasteiger partial charge in [0.05, 0.1) is 24.3 Å². The third-order valence-corrected chi connectivity index (χ3v) is 8.62. The summed E-state index contributed by atoms with van der Waals surface area (Å²) in [5.74, 6) is -0.358. The first-order valence-corrected chi connectivity index (χ1v) is 13.9. The van der Waals surface area contributed by atoms with E-state index in [1.165, 1.54) is 29.5 Å². The molecule has 11 heteroatoms. The molecule has 6 nitrogen and oxygen atoms in total. The van der Waals surface area contributed by atoms with E-state index in [2.05, 4.69) is 10.1 Å². The van der Waals surface area contributed by atoms with Crippen LogP contribution in [-0.4, -0.2) is 41.6 Å². The number of halogens is 4. The number of carbonyl (C=O) groups is 1. The smallest absolute Gasteiger partial charge is 0.417 e. The van der Waals surface area contributed by atoms with Crippen molar-refractivity contribution in [1.29, 1.82) is 0 Å². The fourth-order valence-corrected chi connectivity index (χ4v) is 6.27. The minimum atomic E-state index is -4.56. The Balaban J connectivity index is 1.13. The van der Waals surface area contributed by atoms with E-state index in [-0.39, 0.29) is 48.8 Å². The molecule has 0 unspecified atom stereocenters. The van der Waals surface area contributed by atoms with Gasteiger partial charge in [-0.05, 0) is 31.0 Å². The number of hydrogen-bond donors (Lipinski definition) is 1. The number of thiophene rings is 1. The van der Waals surface area contributed by atoms with Crippen LogP contribution in [0.2, 0.25) is 0 Å². The summed E-state index contributed by atoms with van der Waals surface area (Å²) in [4.78, 5) is 13.4. The van der Waals surface area contributed by atoms with Crippen LogP contribution in [0.15, 0.2) is 52.4 Å². The van der Waals surface area contributed by atoms with Crippen molar-refractivity contribution >= 4 is 33.1 Å². The molecule has 2 aromatic carbocycles. The Morgan fingerprint density at radius 2 is 1.93 bits per heavy atom. The van der Waals surface area contributed by atoms with E-state index < -0.39 is 23.4 Å². The largest absolute Gasteiger partial charge is 0.478 e. The van der Waals surface area contributed by atoms with E-state index >= 15 is 4.39 Å². The molecule has 210 valence electrons. The van der Waals surface area contributed by atoms with Crippen LogP contribution in [0.4, 0.5) is 23.2 Å². The topological polar surface area (TPSA) is 75.8 Å². The van der Waals surface area contributed by atoms with Gasteiger partial charge in [-0.25, -0.2) is 9.18 Å². The van der Waals surface area contributed by atoms with E-state index in [4.69, 9.17) is 9.26 Å². The van der Waals surface area contributed by atoms with Crippen LogP contribution >= 0.6 is 11.3 Å². The molecule has 1 saturated carbocycles. The maximum Gasteiger partial charge on any atom is 0.417 e. The number of ether oxygens (including phenoxy) is 1. The summed E-state index contributed by atoms with van der Waals surface area (Å²) in [6.45, 7) is 0.621. The minimum Gasteiger partial charge on any atom is -0.478 e. The number of alkyl halides is 4. The average Bonchev–Trinajstić information content (AvgIpc) is 3.54. The SMILES string of the molecule is O=C(O)c1csc2cc(N3CCC(F)(COCc4c(-c5ccccc5C(F)(F)F)noc4C4CC4)CC3)ccc12. The van der Waals surface area contributed by atoms with Crippen molar-refractivity contribution in [1.82, 2.24) is 5.16 Å². The molecule has 4 aromatic rings. The van der Waals surface area contributed by atoms with Gasteiger partial charge in [0.15, 0.2) is 0 Å². The highest BCUT2D eigenvalue weighted by molar-refractivity contribution is 7.17. The van der Waals surface area contributed by atoms with E-state index in [0.29, 0.717) is 29.8 Å². The van der Waals surface area contributed by atoms with Gasteiger partial charge in [-0.2, -0.15) is 13.2 Å². The molecular formula is C29H26F4N2O4S. The first kappa shape index (κ1) is 26.8. The first-order valence-electron chi connectivity index (χ1n) is 13.0. The molecule has 6 rings (SSSR count). The number of fused-ring (bicyclic) bond motifs is 1. The zero-order valence-electron chi connectivity index (χ0n) is 21.3. The second kappa shape index (κ2) is 10.2. The zero-order chi connectivity index (χ0) is 28.1. The van der Waals surface area contributed by atoms with Crippen molar-refractivity contribution < 1.29 is 36.7 Å². The minimum absolute atomic E-state index is 0.0781. The first-order chi connectivity index (χ1) is 19.1. The quantitative estimate of drug-likeness (QED) is 0.218. The van der Waals surface area contributed by atoms with Gasteiger partial charge >= 0.3 is 12.1 Å². The maximum absolute atomic E-state index is 15.7. The molecule has 0 spiro atoms. The summed E-state index contributed by atoms with van der Waals surface area (Å²) in [6, 6.07) is 10.8. The fraction of sp³-hybridized carbons (Fsp3) is 0.379. The monoisotopic (exact) mass is 574 g/mol. The number of aromatic carboxylic acids is 1. The number of aromatic nitrogens is 1. The van der Waals surface area contributed by atoms with Crippen LogP contribution in [0.5, 0.6) is 0 Å². The van der Waals surface area contributed by atoms with E-state index in [1.54, 1.807) is 11.4 Å². The molecule has 0 atom stereocenters. The third kappa shape index (κ3) is 5.19. The van der Waals surface area contributed by atoms with Crippen molar-refractivity contribution in [2.75, 3.05) is 24.6 Å². The van der Waals surface area contributed by atoms with E-state index in [1.807, 2.05) is 12.1 Å². The van der Waals surface area contributed by atoms with Crippen molar-refractivity contribution in [3.05, 3.63) is 70.3 Å². The molecule has 0 bridgehead atoms. The summed E-state index contributed by atoms with van der Waals surface area (Å²) in [7, 11) is 0. The predicted octanol–water partition coefficient (Wildman–Crippen LogP) is 7.68. The number of nitrogens with zero attached hydrogens (tertiary/aromatic N) is 2. The third-order valence-electron chi connectivity index (χ3n) is 7.68. The van der Waals surface area contributed by atoms with Crippen molar-refractivity contribution in [3.8, 4) is 11.3 Å². The van der Waals surface area contributed by atoms with Gasteiger partial charge in [0.25, 0.3) is 0 Å². The molecule has 1 aliphatic heterocycles. The van der Waals surface area contributed by atoms with Crippen LogP contribution in [0.3, 0.4) is 0 Å². The Morgan fingerprint density at radius 3 is 2.62 bits per heavy atom. The molecular weight excluding hydrogens is 548 g/mol. The lowest BCUT2D eigenvalue weighted by molar-refractivity contribution is -0.137. The number of rotatable bonds is 8. The van der Waals surface area contributed by atoms with Gasteiger partial charge in [-0.1, -0.05) is 29.4 Å². The Labute approximate surface area is 231 Å². The Kier molecular flexibility index (Phi) is 6.82. The van der Waals surface area contributed by atoms with E-state index in [0.717, 1.165) is 29.3 Å². The second-order valence-electron chi connectivity index (χ2n) is 10.5. The molecule has 0 radical (unpaired) electrons. The lowest BCUT2D eigenvalue weighted by Crippen LogP contribution is -2.44. The highest BCUT2D eigenvalue weighted by Crippen LogP contribution is 2.46. The molecule has 0 amide bonds. The summed E-state index contributed by atoms with van der Waals surface area (Å²) in [6.07, 6.45) is -2.39. The van der Waals surface area contributed by atoms with Crippen LogP contribution in [0.25, 0.3) is 21.3 Å². The van der Waals surface area contributed by atoms with Crippen LogP contribution in [0, 0.1) is 0 Å². The molecule has 40 heavy (non-hydrogen) atoms. The van der Waals surface area contributed by atoms with Gasteiger partial charge in [0, 0.05) is 64.1 Å². The zero-order valence-corrected chi connectivity index (χ0v) is 22.2. The molecule has 2 aliphatic rings. The standard InChI is InChI=1S/C29H26F4N2O4S/c30-28(9-11-35(12-10-28)18-7-8-19-22(27(36)37)15-40-24(19)13-18)16-38-14-21-25(34-39-26(21)17-5-6-17)20-3-1-2-4-23(20)29(31,32)33/h1-4,7-8,13,15,17H,5-6,9-12,14,16H2,(H,36,37). The van der Waals surface area contributed by atoms with Gasteiger partial charge in [0.1, 0.15) is 17.1 Å². The summed E-state index contributed by atoms with van der Waals surface area (Å²) >= 11 is 1.36. The summed E-state index contributed by atoms with van der Waals surface area (Å²) in [5, 5.41) is 15.6. The number of carboxylic acids is 1. The van der Waals surface area contributed by atoms with Crippen molar-refractivity contribution in [2.24, 2.45) is 0 Å². The number of benzene rings is 2. The molecule has 2 fully saturated rings. The Hall–Kier alpha value is -3.44. The number of carboxylic acid groups (broad SMARTS) is 1. The van der Waals surface area contributed by atoms with Crippen molar-refractivity contribution in [2.45, 2.75) is 50.1 Å². The molecule has 1 aliphatic carbocycles. The van der Waals surface area contributed by atoms with Gasteiger partial charge in [-0.3, -0.25) is 0 Å². The predicted molar refractivity (Wildman–Crippen MR) is 143 cm³/mol. The van der Waals surface area contributed by atoms with Gasteiger partial charge in [0.2, 0.25) is 0 Å². The molecule has 1 saturated heterocycles. The lowest BCUT2D eigenvalue weighted by atomic mass is 9.93. The average molecular weight is 575 g/mol. The van der Waals surface area contributed by atoms with Gasteiger partial charge in [-0.15, -0.1) is 11.3 Å². The summed E-state index contributed by atoms with van der Waals surface area (Å²) < 4.78 is 69.0. The highest BCUT2D eigenvalue weighted by atomic mass is 32.1. The van der Waals surface area contributed by atoms with Crippen LogP contribution < -0.4 is 4.90 Å². The van der Waals surface area contributed by atoms with Crippen LogP contribution in [0.1, 0.15) is 58.8 Å². The number of anilines is 1. The van der Waals surface area contributed by atoms with E-state index in [9.17, 15) is 23.1 Å². The summed E-state index contributed by atoms with van der Waals surface area (Å²) in [5.41, 5.74) is -0.751. The maximum atomic E-state index is 15.7. The van der Waals surface area contributed by atoms with Gasteiger partial charge < -0.3 is 19.3 Å². The second-order valence-corrected chi connectivity index (χ2v) is 11.4. The molecule has 2 aromatic heterocycles. The highest BCUT2D eigenvalue weighted by Gasteiger charge is 2.39. The normalized spacial score (nSPS) is 17.4. The molecule has 3 heterocycles. The number of piperidine rings is 1. The van der Waals surface area contributed by atoms with Crippen molar-refractivity contribution in [3.63, 3.8) is 0 Å². The fourth-order valence-electron chi connectivity index (χ4n) is 5.30. The number of hydrogen-bond acceptors (Lipinski definition) is 6. The molecule has 1 N–H and O–H groups in total. The Bertz CT molecular complexity index is 1550. The lowest BCUT2D eigenvalue weighted by Gasteiger charge is -2.37. The van der Waals surface area contributed by atoms with Crippen LogP contribution in [-0.2, 0) is 17.5 Å². The Morgan fingerprint density at radius 1 is 1.18 bits per heavy atom.